The highest BCUT2D eigenvalue weighted by molar-refractivity contribution is 6.07. The molecular weight excluding hydrogens is 326 g/mol. The second kappa shape index (κ2) is 7.16. The van der Waals surface area contributed by atoms with Crippen molar-refractivity contribution in [2.24, 2.45) is 0 Å². The zero-order valence-corrected chi connectivity index (χ0v) is 14.4. The number of aromatic nitrogens is 1. The van der Waals surface area contributed by atoms with Gasteiger partial charge in [0.1, 0.15) is 5.69 Å². The first kappa shape index (κ1) is 18.2. The van der Waals surface area contributed by atoms with Crippen LogP contribution in [0.15, 0.2) is 18.2 Å². The van der Waals surface area contributed by atoms with E-state index >= 15 is 0 Å². The summed E-state index contributed by atoms with van der Waals surface area (Å²) < 4.78 is 4.77. The van der Waals surface area contributed by atoms with Crippen molar-refractivity contribution in [2.45, 2.75) is 27.2 Å². The van der Waals surface area contributed by atoms with Crippen LogP contribution in [0.3, 0.4) is 0 Å². The van der Waals surface area contributed by atoms with Crippen molar-refractivity contribution in [2.75, 3.05) is 12.4 Å². The maximum absolute atomic E-state index is 12.6. The van der Waals surface area contributed by atoms with Gasteiger partial charge in [0.05, 0.1) is 23.3 Å². The van der Waals surface area contributed by atoms with Gasteiger partial charge in [0, 0.05) is 17.8 Å². The molecule has 0 fully saturated rings. The number of aryl methyl sites for hydroxylation is 2. The molecule has 0 bridgehead atoms. The molecule has 2 aromatic rings. The predicted octanol–water partition coefficient (Wildman–Crippen LogP) is 3.14. The van der Waals surface area contributed by atoms with Gasteiger partial charge in [-0.1, -0.05) is 13.0 Å². The molecule has 0 unspecified atom stereocenters. The number of anilines is 1. The normalized spacial score (nSPS) is 10.4. The van der Waals surface area contributed by atoms with Gasteiger partial charge < -0.3 is 15.0 Å². The van der Waals surface area contributed by atoms with Gasteiger partial charge >= 0.3 is 5.97 Å². The molecule has 1 heterocycles. The van der Waals surface area contributed by atoms with E-state index in [1.165, 1.54) is 19.2 Å². The van der Waals surface area contributed by atoms with E-state index in [2.05, 4.69) is 10.3 Å². The summed E-state index contributed by atoms with van der Waals surface area (Å²) in [5.74, 6) is -0.998. The third kappa shape index (κ3) is 3.52. The van der Waals surface area contributed by atoms with Crippen LogP contribution in [0.1, 0.15) is 44.6 Å². The van der Waals surface area contributed by atoms with Crippen molar-refractivity contribution in [3.8, 4) is 0 Å². The Balaban J connectivity index is 2.40. The number of hydrogen-bond acceptors (Lipinski definition) is 5. The highest BCUT2D eigenvalue weighted by Crippen LogP contribution is 2.24. The molecule has 132 valence electrons. The quantitative estimate of drug-likeness (QED) is 0.491. The fourth-order valence-corrected chi connectivity index (χ4v) is 2.57. The lowest BCUT2D eigenvalue weighted by Crippen LogP contribution is -2.15. The van der Waals surface area contributed by atoms with E-state index < -0.39 is 16.8 Å². The first-order valence-electron chi connectivity index (χ1n) is 7.66. The number of nitrogens with one attached hydrogen (secondary N) is 2. The molecule has 1 aromatic heterocycles. The lowest BCUT2D eigenvalue weighted by molar-refractivity contribution is -0.384. The molecule has 0 aliphatic rings. The molecule has 8 nitrogen and oxygen atoms in total. The highest BCUT2D eigenvalue weighted by Gasteiger charge is 2.24. The van der Waals surface area contributed by atoms with Gasteiger partial charge in [-0.2, -0.15) is 0 Å². The summed E-state index contributed by atoms with van der Waals surface area (Å²) in [5, 5.41) is 13.6. The molecule has 2 rings (SSSR count). The number of nitrogens with zero attached hydrogens (tertiary/aromatic N) is 1. The number of rotatable bonds is 5. The Morgan fingerprint density at radius 1 is 1.32 bits per heavy atom. The Labute approximate surface area is 144 Å². The molecule has 2 N–H and O–H groups in total. The van der Waals surface area contributed by atoms with Crippen LogP contribution in [0.5, 0.6) is 0 Å². The van der Waals surface area contributed by atoms with Crippen molar-refractivity contribution < 1.29 is 19.2 Å². The predicted molar refractivity (Wildman–Crippen MR) is 92.0 cm³/mol. The van der Waals surface area contributed by atoms with Crippen LogP contribution < -0.4 is 5.32 Å². The molecule has 8 heteroatoms. The molecule has 0 saturated heterocycles. The third-order valence-corrected chi connectivity index (χ3v) is 3.98. The highest BCUT2D eigenvalue weighted by atomic mass is 16.6. The number of benzene rings is 1. The fourth-order valence-electron chi connectivity index (χ4n) is 2.57. The zero-order chi connectivity index (χ0) is 18.7. The molecular formula is C17H19N3O5. The molecule has 1 aromatic carbocycles. The topological polar surface area (TPSA) is 114 Å². The summed E-state index contributed by atoms with van der Waals surface area (Å²) in [7, 11) is 1.28. The number of nitro groups is 1. The van der Waals surface area contributed by atoms with Gasteiger partial charge in [-0.05, 0) is 31.4 Å². The number of carbonyl (C=O) groups is 2. The molecule has 0 aliphatic heterocycles. The number of carbonyl (C=O) groups excluding carboxylic acids is 2. The minimum Gasteiger partial charge on any atom is -0.465 e. The van der Waals surface area contributed by atoms with Crippen molar-refractivity contribution >= 4 is 23.3 Å². The second-order valence-electron chi connectivity index (χ2n) is 5.53. The number of aromatic amines is 1. The standard InChI is InChI=1S/C17H19N3O5/c1-5-12-14(17(22)25-4)10(3)15(18-12)16(21)19-13-8-11(20(23)24)7-6-9(13)2/h6-8,18H,5H2,1-4H3,(H,19,21). The first-order chi connectivity index (χ1) is 11.8. The summed E-state index contributed by atoms with van der Waals surface area (Å²) in [5.41, 5.74) is 2.55. The van der Waals surface area contributed by atoms with Gasteiger partial charge in [0.15, 0.2) is 0 Å². The summed E-state index contributed by atoms with van der Waals surface area (Å²) in [4.78, 5) is 37.9. The summed E-state index contributed by atoms with van der Waals surface area (Å²) >= 11 is 0. The minimum atomic E-state index is -0.528. The number of nitro benzene ring substituents is 1. The summed E-state index contributed by atoms with van der Waals surface area (Å²) in [6.07, 6.45) is 0.522. The summed E-state index contributed by atoms with van der Waals surface area (Å²) in [6.45, 7) is 5.24. The Kier molecular flexibility index (Phi) is 5.21. The number of non-ortho nitro benzene ring substituents is 1. The van der Waals surface area contributed by atoms with E-state index in [4.69, 9.17) is 4.74 Å². The molecule has 0 saturated carbocycles. The number of amides is 1. The van der Waals surface area contributed by atoms with Crippen molar-refractivity contribution in [3.63, 3.8) is 0 Å². The van der Waals surface area contributed by atoms with Crippen LogP contribution in [0, 0.1) is 24.0 Å². The molecule has 25 heavy (non-hydrogen) atoms. The van der Waals surface area contributed by atoms with E-state index in [-0.39, 0.29) is 11.4 Å². The van der Waals surface area contributed by atoms with Gasteiger partial charge in [0.2, 0.25) is 0 Å². The van der Waals surface area contributed by atoms with E-state index in [1.807, 2.05) is 6.92 Å². The van der Waals surface area contributed by atoms with Crippen LogP contribution in [0.2, 0.25) is 0 Å². The molecule has 1 amide bonds. The van der Waals surface area contributed by atoms with E-state index in [1.54, 1.807) is 19.9 Å². The van der Waals surface area contributed by atoms with Crippen LogP contribution in [-0.4, -0.2) is 28.9 Å². The van der Waals surface area contributed by atoms with E-state index in [9.17, 15) is 19.7 Å². The van der Waals surface area contributed by atoms with Crippen LogP contribution in [0.4, 0.5) is 11.4 Å². The number of H-pyrrole nitrogens is 1. The molecule has 0 aliphatic carbocycles. The monoisotopic (exact) mass is 345 g/mol. The van der Waals surface area contributed by atoms with Gasteiger partial charge in [-0.25, -0.2) is 4.79 Å². The second-order valence-corrected chi connectivity index (χ2v) is 5.53. The summed E-state index contributed by atoms with van der Waals surface area (Å²) in [6, 6.07) is 4.23. The fraction of sp³-hybridized carbons (Fsp3) is 0.294. The Bertz CT molecular complexity index is 854. The van der Waals surface area contributed by atoms with Gasteiger partial charge in [-0.3, -0.25) is 14.9 Å². The largest absolute Gasteiger partial charge is 0.465 e. The van der Waals surface area contributed by atoms with Gasteiger partial charge in [0.25, 0.3) is 11.6 Å². The number of esters is 1. The first-order valence-corrected chi connectivity index (χ1v) is 7.66. The van der Waals surface area contributed by atoms with Crippen LogP contribution in [-0.2, 0) is 11.2 Å². The Morgan fingerprint density at radius 3 is 2.56 bits per heavy atom. The third-order valence-electron chi connectivity index (χ3n) is 3.98. The molecule has 0 atom stereocenters. The van der Waals surface area contributed by atoms with E-state index in [0.717, 1.165) is 0 Å². The Morgan fingerprint density at radius 2 is 2.00 bits per heavy atom. The van der Waals surface area contributed by atoms with Crippen molar-refractivity contribution in [3.05, 3.63) is 56.4 Å². The average molecular weight is 345 g/mol. The van der Waals surface area contributed by atoms with Crippen LogP contribution >= 0.6 is 0 Å². The minimum absolute atomic E-state index is 0.117. The molecule has 0 radical (unpaired) electrons. The zero-order valence-electron chi connectivity index (χ0n) is 14.4. The Hall–Kier alpha value is -3.16. The lowest BCUT2D eigenvalue weighted by Gasteiger charge is -2.08. The number of ether oxygens (including phenoxy) is 1. The van der Waals surface area contributed by atoms with Crippen LogP contribution in [0.25, 0.3) is 0 Å². The number of hydrogen-bond donors (Lipinski definition) is 2. The average Bonchev–Trinajstić information content (AvgIpc) is 2.92. The maximum atomic E-state index is 12.6. The van der Waals surface area contributed by atoms with Gasteiger partial charge in [-0.15, -0.1) is 0 Å². The van der Waals surface area contributed by atoms with Crippen molar-refractivity contribution in [1.29, 1.82) is 0 Å². The SMILES string of the molecule is CCc1[nH]c(C(=O)Nc2cc([N+](=O)[O-])ccc2C)c(C)c1C(=O)OC. The van der Waals surface area contributed by atoms with Crippen molar-refractivity contribution in [1.82, 2.24) is 4.98 Å². The smallest absolute Gasteiger partial charge is 0.339 e. The number of methoxy groups -OCH3 is 1. The van der Waals surface area contributed by atoms with E-state index in [0.29, 0.717) is 34.5 Å². The maximum Gasteiger partial charge on any atom is 0.339 e. The molecule has 0 spiro atoms. The lowest BCUT2D eigenvalue weighted by atomic mass is 10.1.